The number of quaternary nitrogens is 1. The van der Waals surface area contributed by atoms with Crippen molar-refractivity contribution in [3.05, 3.63) is 16.0 Å². The summed E-state index contributed by atoms with van der Waals surface area (Å²) >= 11 is 1.50. The number of nitrogens with two attached hydrogens (primary N) is 1. The Hall–Kier alpha value is -1.44. The molecule has 126 valence electrons. The number of aryl methyl sites for hydroxylation is 1. The fourth-order valence-corrected chi connectivity index (χ4v) is 5.00. The highest BCUT2D eigenvalue weighted by Gasteiger charge is 2.29. The molecule has 2 heterocycles. The molecule has 1 fully saturated rings. The van der Waals surface area contributed by atoms with Crippen LogP contribution in [0.2, 0.25) is 0 Å². The lowest BCUT2D eigenvalue weighted by atomic mass is 10.1. The number of ether oxygens (including phenoxy) is 1. The Morgan fingerprint density at radius 2 is 2.00 bits per heavy atom. The van der Waals surface area contributed by atoms with Gasteiger partial charge in [-0.25, -0.2) is 0 Å². The van der Waals surface area contributed by atoms with E-state index in [0.29, 0.717) is 17.1 Å². The van der Waals surface area contributed by atoms with Gasteiger partial charge in [0.15, 0.2) is 6.54 Å². The number of carbonyl (C=O) groups is 2. The topological polar surface area (TPSA) is 85.9 Å². The van der Waals surface area contributed by atoms with Crippen molar-refractivity contribution < 1.29 is 19.2 Å². The summed E-state index contributed by atoms with van der Waals surface area (Å²) in [6.45, 7) is 6.09. The third-order valence-electron chi connectivity index (χ3n) is 4.45. The first-order valence-corrected chi connectivity index (χ1v) is 8.99. The van der Waals surface area contributed by atoms with Crippen molar-refractivity contribution in [3.63, 3.8) is 0 Å². The van der Waals surface area contributed by atoms with E-state index in [2.05, 4.69) is 5.32 Å². The van der Waals surface area contributed by atoms with Gasteiger partial charge in [0.25, 0.3) is 11.8 Å². The average Bonchev–Trinajstić information content (AvgIpc) is 2.96. The highest BCUT2D eigenvalue weighted by atomic mass is 32.1. The van der Waals surface area contributed by atoms with E-state index < -0.39 is 5.91 Å². The second-order valence-corrected chi connectivity index (χ2v) is 7.67. The number of hydrogen-bond acceptors (Lipinski definition) is 4. The Bertz CT molecular complexity index is 618. The van der Waals surface area contributed by atoms with Crippen LogP contribution in [0, 0.1) is 0 Å². The van der Waals surface area contributed by atoms with Gasteiger partial charge in [-0.05, 0) is 38.7 Å². The molecule has 0 saturated carbocycles. The molecule has 2 atom stereocenters. The van der Waals surface area contributed by atoms with Crippen LogP contribution in [-0.2, 0) is 22.4 Å². The summed E-state index contributed by atoms with van der Waals surface area (Å²) in [5.74, 6) is -0.510. The van der Waals surface area contributed by atoms with Crippen LogP contribution in [0.4, 0.5) is 5.00 Å². The van der Waals surface area contributed by atoms with Crippen molar-refractivity contribution in [1.29, 1.82) is 0 Å². The number of morpholine rings is 1. The first-order valence-electron chi connectivity index (χ1n) is 8.17. The van der Waals surface area contributed by atoms with Crippen molar-refractivity contribution in [3.8, 4) is 0 Å². The zero-order valence-electron chi connectivity index (χ0n) is 13.6. The maximum absolute atomic E-state index is 12.4. The summed E-state index contributed by atoms with van der Waals surface area (Å²) in [6, 6.07) is 0. The molecule has 6 nitrogen and oxygen atoms in total. The third kappa shape index (κ3) is 3.57. The SMILES string of the molecule is C[C@@H]1C[NH+](CC(=O)Nc2sc3c(c2C(N)=O)CCC3)C[C@@H](C)O1. The van der Waals surface area contributed by atoms with Gasteiger partial charge in [-0.3, -0.25) is 9.59 Å². The zero-order valence-corrected chi connectivity index (χ0v) is 14.4. The van der Waals surface area contributed by atoms with Gasteiger partial charge >= 0.3 is 0 Å². The number of anilines is 1. The Balaban J connectivity index is 1.68. The maximum atomic E-state index is 12.4. The quantitative estimate of drug-likeness (QED) is 0.720. The van der Waals surface area contributed by atoms with Crippen molar-refractivity contribution in [2.24, 2.45) is 5.73 Å². The summed E-state index contributed by atoms with van der Waals surface area (Å²) in [5.41, 5.74) is 7.09. The van der Waals surface area contributed by atoms with E-state index in [4.69, 9.17) is 10.5 Å². The van der Waals surface area contributed by atoms with E-state index in [9.17, 15) is 9.59 Å². The molecule has 0 spiro atoms. The predicted octanol–water partition coefficient (Wildman–Crippen LogP) is -0.0337. The number of primary amides is 1. The molecule has 1 aromatic rings. The molecular weight excluding hydrogens is 314 g/mol. The van der Waals surface area contributed by atoms with Crippen molar-refractivity contribution in [2.45, 2.75) is 45.3 Å². The molecule has 1 aromatic heterocycles. The normalized spacial score (nSPS) is 26.8. The number of rotatable bonds is 4. The van der Waals surface area contributed by atoms with E-state index in [1.54, 1.807) is 0 Å². The van der Waals surface area contributed by atoms with Crippen LogP contribution < -0.4 is 16.0 Å². The molecule has 4 N–H and O–H groups in total. The predicted molar refractivity (Wildman–Crippen MR) is 89.1 cm³/mol. The number of amides is 2. The molecule has 1 aliphatic heterocycles. The highest BCUT2D eigenvalue weighted by molar-refractivity contribution is 7.17. The van der Waals surface area contributed by atoms with Gasteiger partial charge in [0, 0.05) is 4.88 Å². The number of fused-ring (bicyclic) bond motifs is 1. The Labute approximate surface area is 140 Å². The molecule has 23 heavy (non-hydrogen) atoms. The van der Waals surface area contributed by atoms with E-state index in [0.717, 1.165) is 37.9 Å². The van der Waals surface area contributed by atoms with Crippen molar-refractivity contribution in [1.82, 2.24) is 0 Å². The summed E-state index contributed by atoms with van der Waals surface area (Å²) < 4.78 is 5.70. The molecule has 0 unspecified atom stereocenters. The zero-order chi connectivity index (χ0) is 16.6. The minimum atomic E-state index is -0.444. The molecule has 0 radical (unpaired) electrons. The fraction of sp³-hybridized carbons (Fsp3) is 0.625. The van der Waals surface area contributed by atoms with Gasteiger partial charge in [-0.15, -0.1) is 11.3 Å². The second-order valence-electron chi connectivity index (χ2n) is 6.57. The fourth-order valence-electron chi connectivity index (χ4n) is 3.68. The first-order chi connectivity index (χ1) is 10.9. The van der Waals surface area contributed by atoms with E-state index in [1.807, 2.05) is 13.8 Å². The van der Waals surface area contributed by atoms with Gasteiger partial charge in [0.2, 0.25) is 0 Å². The minimum absolute atomic E-state index is 0.0660. The smallest absolute Gasteiger partial charge is 0.280 e. The van der Waals surface area contributed by atoms with E-state index in [-0.39, 0.29) is 18.1 Å². The third-order valence-corrected chi connectivity index (χ3v) is 5.66. The molecule has 7 heteroatoms. The number of thiophene rings is 1. The van der Waals surface area contributed by atoms with Crippen LogP contribution in [0.15, 0.2) is 0 Å². The summed E-state index contributed by atoms with van der Waals surface area (Å²) in [6.07, 6.45) is 3.23. The summed E-state index contributed by atoms with van der Waals surface area (Å²) in [4.78, 5) is 26.5. The minimum Gasteiger partial charge on any atom is -0.365 e. The van der Waals surface area contributed by atoms with Crippen LogP contribution >= 0.6 is 11.3 Å². The van der Waals surface area contributed by atoms with Gasteiger partial charge in [-0.1, -0.05) is 0 Å². The monoisotopic (exact) mass is 338 g/mol. The summed E-state index contributed by atoms with van der Waals surface area (Å²) in [5, 5.41) is 3.54. The van der Waals surface area contributed by atoms with Crippen LogP contribution in [0.3, 0.4) is 0 Å². The van der Waals surface area contributed by atoms with Crippen molar-refractivity contribution in [2.75, 3.05) is 25.0 Å². The van der Waals surface area contributed by atoms with Gasteiger partial charge in [0.05, 0.1) is 5.56 Å². The Kier molecular flexibility index (Phi) is 4.70. The number of hydrogen-bond donors (Lipinski definition) is 3. The molecular formula is C16H24N3O3S+. The van der Waals surface area contributed by atoms with E-state index >= 15 is 0 Å². The first kappa shape index (κ1) is 16.4. The molecule has 0 aromatic carbocycles. The number of nitrogens with one attached hydrogen (secondary N) is 2. The highest BCUT2D eigenvalue weighted by Crippen LogP contribution is 2.38. The van der Waals surface area contributed by atoms with Crippen LogP contribution in [-0.4, -0.2) is 43.7 Å². The van der Waals surface area contributed by atoms with Crippen molar-refractivity contribution >= 4 is 28.2 Å². The molecule has 0 bridgehead atoms. The van der Waals surface area contributed by atoms with Crippen LogP contribution in [0.25, 0.3) is 0 Å². The lowest BCUT2D eigenvalue weighted by Gasteiger charge is -2.31. The van der Waals surface area contributed by atoms with Crippen LogP contribution in [0.1, 0.15) is 41.1 Å². The lowest BCUT2D eigenvalue weighted by molar-refractivity contribution is -0.907. The Morgan fingerprint density at radius 1 is 1.30 bits per heavy atom. The molecule has 1 aliphatic carbocycles. The largest absolute Gasteiger partial charge is 0.365 e. The lowest BCUT2D eigenvalue weighted by Crippen LogP contribution is -3.16. The van der Waals surface area contributed by atoms with Gasteiger partial charge < -0.3 is 20.7 Å². The maximum Gasteiger partial charge on any atom is 0.280 e. The molecule has 3 rings (SSSR count). The van der Waals surface area contributed by atoms with Gasteiger partial charge in [0.1, 0.15) is 30.3 Å². The van der Waals surface area contributed by atoms with Gasteiger partial charge in [-0.2, -0.15) is 0 Å². The summed E-state index contributed by atoms with van der Waals surface area (Å²) in [7, 11) is 0. The van der Waals surface area contributed by atoms with E-state index in [1.165, 1.54) is 21.1 Å². The molecule has 1 saturated heterocycles. The standard InChI is InChI=1S/C16H23N3O3S/c1-9-6-19(7-10(2)22-9)8-13(20)18-16-14(15(17)21)11-4-3-5-12(11)23-16/h9-10H,3-8H2,1-2H3,(H2,17,21)(H,18,20)/p+1/t9-,10-/m1/s1. The number of carbonyl (C=O) groups excluding carboxylic acids is 2. The molecule has 2 amide bonds. The molecule has 2 aliphatic rings. The Morgan fingerprint density at radius 3 is 2.65 bits per heavy atom. The van der Waals surface area contributed by atoms with Crippen LogP contribution in [0.5, 0.6) is 0 Å². The second kappa shape index (κ2) is 6.59. The average molecular weight is 338 g/mol.